The minimum atomic E-state index is -0.117. The molecule has 0 spiro atoms. The van der Waals surface area contributed by atoms with E-state index in [9.17, 15) is 4.79 Å². The molecule has 0 unspecified atom stereocenters. The van der Waals surface area contributed by atoms with Crippen molar-refractivity contribution in [1.82, 2.24) is 25.4 Å². The van der Waals surface area contributed by atoms with Gasteiger partial charge in [-0.2, -0.15) is 5.10 Å². The van der Waals surface area contributed by atoms with E-state index in [0.717, 1.165) is 47.7 Å². The third kappa shape index (κ3) is 5.53. The zero-order valence-electron chi connectivity index (χ0n) is 18.1. The van der Waals surface area contributed by atoms with Crippen LogP contribution in [0.4, 0.5) is 0 Å². The highest BCUT2D eigenvalue weighted by atomic mass is 35.5. The number of furan rings is 1. The van der Waals surface area contributed by atoms with Crippen LogP contribution in [0.3, 0.4) is 0 Å². The van der Waals surface area contributed by atoms with Crippen LogP contribution >= 0.6 is 24.8 Å². The number of carbonyl (C=O) groups excluding carboxylic acids is 1. The van der Waals surface area contributed by atoms with Crippen molar-refractivity contribution in [3.8, 4) is 11.3 Å². The molecular weight excluding hydrogens is 425 g/mol. The van der Waals surface area contributed by atoms with Gasteiger partial charge in [0.15, 0.2) is 5.65 Å². The Morgan fingerprint density at radius 1 is 1.17 bits per heavy atom. The second kappa shape index (κ2) is 11.3. The van der Waals surface area contributed by atoms with E-state index in [1.54, 1.807) is 6.20 Å². The summed E-state index contributed by atoms with van der Waals surface area (Å²) in [5, 5.41) is 11.5. The maximum atomic E-state index is 12.9. The molecule has 3 heterocycles. The molecule has 9 heteroatoms. The summed E-state index contributed by atoms with van der Waals surface area (Å²) in [6, 6.07) is 3.93. The maximum absolute atomic E-state index is 12.9. The minimum Gasteiger partial charge on any atom is -0.466 e. The van der Waals surface area contributed by atoms with Gasteiger partial charge in [0.25, 0.3) is 5.91 Å². The predicted octanol–water partition coefficient (Wildman–Crippen LogP) is 4.46. The molecule has 1 amide bonds. The fraction of sp³-hybridized carbons (Fsp3) is 0.476. The SMILES string of the molecule is CCCNCCNC(=O)c1cc(-c2cc(C)oc2C)nc2c1cnn2C(C)C.Cl.Cl. The Hall–Kier alpha value is -2.09. The highest BCUT2D eigenvalue weighted by Crippen LogP contribution is 2.29. The van der Waals surface area contributed by atoms with Crippen LogP contribution < -0.4 is 10.6 Å². The second-order valence-corrected chi connectivity index (χ2v) is 7.31. The van der Waals surface area contributed by atoms with Crippen molar-refractivity contribution in [2.45, 2.75) is 47.1 Å². The number of nitrogens with one attached hydrogen (secondary N) is 2. The predicted molar refractivity (Wildman–Crippen MR) is 125 cm³/mol. The van der Waals surface area contributed by atoms with Crippen LogP contribution in [0.5, 0.6) is 0 Å². The van der Waals surface area contributed by atoms with Crippen molar-refractivity contribution in [2.24, 2.45) is 0 Å². The number of aromatic nitrogens is 3. The Morgan fingerprint density at radius 2 is 1.90 bits per heavy atom. The van der Waals surface area contributed by atoms with Crippen molar-refractivity contribution in [2.75, 3.05) is 19.6 Å². The van der Waals surface area contributed by atoms with Crippen molar-refractivity contribution in [3.63, 3.8) is 0 Å². The first-order valence-corrected chi connectivity index (χ1v) is 9.87. The second-order valence-electron chi connectivity index (χ2n) is 7.31. The van der Waals surface area contributed by atoms with Gasteiger partial charge in [0.05, 0.1) is 22.8 Å². The average Bonchev–Trinajstić information content (AvgIpc) is 3.23. The standard InChI is InChI=1S/C21H29N5O2.2ClH/c1-6-7-22-8-9-23-21(27)17-11-19(16-10-14(4)28-15(16)5)25-20-18(17)12-24-26(20)13(2)3;;/h10-13,22H,6-9H2,1-5H3,(H,23,27);2*1H. The van der Waals surface area contributed by atoms with Gasteiger partial charge in [-0.05, 0) is 52.8 Å². The first-order valence-electron chi connectivity index (χ1n) is 9.87. The molecule has 0 aliphatic carbocycles. The average molecular weight is 456 g/mol. The highest BCUT2D eigenvalue weighted by molar-refractivity contribution is 6.06. The number of aryl methyl sites for hydroxylation is 2. The Bertz CT molecular complexity index is 981. The van der Waals surface area contributed by atoms with Gasteiger partial charge in [0, 0.05) is 24.7 Å². The number of amides is 1. The smallest absolute Gasteiger partial charge is 0.252 e. The molecule has 30 heavy (non-hydrogen) atoms. The summed E-state index contributed by atoms with van der Waals surface area (Å²) in [4.78, 5) is 17.7. The summed E-state index contributed by atoms with van der Waals surface area (Å²) < 4.78 is 7.52. The Morgan fingerprint density at radius 3 is 2.50 bits per heavy atom. The van der Waals surface area contributed by atoms with E-state index in [-0.39, 0.29) is 36.8 Å². The molecule has 0 saturated carbocycles. The van der Waals surface area contributed by atoms with E-state index in [0.29, 0.717) is 17.8 Å². The van der Waals surface area contributed by atoms with Crippen LogP contribution in [-0.4, -0.2) is 40.3 Å². The zero-order chi connectivity index (χ0) is 20.3. The van der Waals surface area contributed by atoms with Gasteiger partial charge in [-0.1, -0.05) is 6.92 Å². The van der Waals surface area contributed by atoms with Crippen LogP contribution in [0.2, 0.25) is 0 Å². The fourth-order valence-electron chi connectivity index (χ4n) is 3.27. The maximum Gasteiger partial charge on any atom is 0.252 e. The van der Waals surface area contributed by atoms with E-state index in [2.05, 4.69) is 22.7 Å². The molecule has 166 valence electrons. The third-order valence-electron chi connectivity index (χ3n) is 4.63. The number of rotatable bonds is 8. The van der Waals surface area contributed by atoms with Gasteiger partial charge in [-0.3, -0.25) is 4.79 Å². The molecule has 0 aliphatic rings. The fourth-order valence-corrected chi connectivity index (χ4v) is 3.27. The van der Waals surface area contributed by atoms with Gasteiger partial charge in [-0.25, -0.2) is 9.67 Å². The summed E-state index contributed by atoms with van der Waals surface area (Å²) in [5.74, 6) is 1.49. The highest BCUT2D eigenvalue weighted by Gasteiger charge is 2.20. The van der Waals surface area contributed by atoms with Gasteiger partial charge in [0.2, 0.25) is 0 Å². The molecule has 2 N–H and O–H groups in total. The van der Waals surface area contributed by atoms with Gasteiger partial charge >= 0.3 is 0 Å². The summed E-state index contributed by atoms with van der Waals surface area (Å²) >= 11 is 0. The molecule has 0 fully saturated rings. The molecule has 3 aromatic rings. The van der Waals surface area contributed by atoms with E-state index in [1.807, 2.05) is 44.5 Å². The first-order chi connectivity index (χ1) is 13.4. The third-order valence-corrected chi connectivity index (χ3v) is 4.63. The summed E-state index contributed by atoms with van der Waals surface area (Å²) in [7, 11) is 0. The molecule has 0 atom stereocenters. The molecule has 0 saturated heterocycles. The Labute approximate surface area is 189 Å². The minimum absolute atomic E-state index is 0. The van der Waals surface area contributed by atoms with E-state index >= 15 is 0 Å². The van der Waals surface area contributed by atoms with E-state index in [1.165, 1.54) is 0 Å². The number of halogens is 2. The number of nitrogens with zero attached hydrogens (tertiary/aromatic N) is 3. The molecule has 0 aromatic carbocycles. The number of pyridine rings is 1. The van der Waals surface area contributed by atoms with Gasteiger partial charge in [-0.15, -0.1) is 24.8 Å². The van der Waals surface area contributed by atoms with Crippen molar-refractivity contribution in [1.29, 1.82) is 0 Å². The summed E-state index contributed by atoms with van der Waals surface area (Å²) in [6.45, 7) is 12.3. The van der Waals surface area contributed by atoms with Gasteiger partial charge in [0.1, 0.15) is 11.5 Å². The largest absolute Gasteiger partial charge is 0.466 e. The lowest BCUT2D eigenvalue weighted by atomic mass is 10.1. The molecule has 3 aromatic heterocycles. The number of hydrogen-bond acceptors (Lipinski definition) is 5. The number of fused-ring (bicyclic) bond motifs is 1. The molecule has 0 bridgehead atoms. The lowest BCUT2D eigenvalue weighted by molar-refractivity contribution is 0.0955. The van der Waals surface area contributed by atoms with Crippen LogP contribution in [0.15, 0.2) is 22.7 Å². The number of hydrogen-bond donors (Lipinski definition) is 2. The Kier molecular flexibility index (Phi) is 9.81. The van der Waals surface area contributed by atoms with E-state index < -0.39 is 0 Å². The van der Waals surface area contributed by atoms with Crippen LogP contribution in [0.1, 0.15) is 55.1 Å². The lowest BCUT2D eigenvalue weighted by Crippen LogP contribution is -2.32. The zero-order valence-corrected chi connectivity index (χ0v) is 19.7. The molecule has 7 nitrogen and oxygen atoms in total. The number of carbonyl (C=O) groups is 1. The topological polar surface area (TPSA) is 85.0 Å². The van der Waals surface area contributed by atoms with Crippen molar-refractivity contribution in [3.05, 3.63) is 35.4 Å². The monoisotopic (exact) mass is 455 g/mol. The van der Waals surface area contributed by atoms with Gasteiger partial charge < -0.3 is 15.1 Å². The van der Waals surface area contributed by atoms with Crippen molar-refractivity contribution < 1.29 is 9.21 Å². The van der Waals surface area contributed by atoms with Crippen LogP contribution in [-0.2, 0) is 0 Å². The molecular formula is C21H31Cl2N5O2. The van der Waals surface area contributed by atoms with Crippen LogP contribution in [0.25, 0.3) is 22.3 Å². The molecule has 0 radical (unpaired) electrons. The first kappa shape index (κ1) is 25.9. The molecule has 3 rings (SSSR count). The van der Waals surface area contributed by atoms with Crippen LogP contribution in [0, 0.1) is 13.8 Å². The summed E-state index contributed by atoms with van der Waals surface area (Å²) in [6.07, 6.45) is 2.80. The Balaban J connectivity index is 0.00000225. The van der Waals surface area contributed by atoms with E-state index in [4.69, 9.17) is 9.40 Å². The molecule has 0 aliphatic heterocycles. The summed E-state index contributed by atoms with van der Waals surface area (Å²) in [5.41, 5.74) is 2.91. The normalized spacial score (nSPS) is 10.7. The quantitative estimate of drug-likeness (QED) is 0.489. The lowest BCUT2D eigenvalue weighted by Gasteiger charge is -2.11. The van der Waals surface area contributed by atoms with Crippen molar-refractivity contribution >= 4 is 41.8 Å².